The van der Waals surface area contributed by atoms with Crippen LogP contribution in [0.1, 0.15) is 16.3 Å². The molecule has 0 fully saturated rings. The number of furan rings is 1. The van der Waals surface area contributed by atoms with E-state index in [4.69, 9.17) is 9.15 Å². The summed E-state index contributed by atoms with van der Waals surface area (Å²) in [7, 11) is 0. The molecule has 7 nitrogen and oxygen atoms in total. The minimum Gasteiger partial charge on any atom is -0.486 e. The Morgan fingerprint density at radius 3 is 2.69 bits per heavy atom. The zero-order chi connectivity index (χ0) is 20.9. The van der Waals surface area contributed by atoms with Crippen molar-refractivity contribution in [2.45, 2.75) is 19.5 Å². The second-order valence-corrected chi connectivity index (χ2v) is 7.07. The first-order chi connectivity index (χ1) is 13.8. The van der Waals surface area contributed by atoms with Crippen molar-refractivity contribution in [1.29, 1.82) is 0 Å². The Balaban J connectivity index is 1.49. The van der Waals surface area contributed by atoms with Gasteiger partial charge in [-0.1, -0.05) is 0 Å². The first kappa shape index (κ1) is 21.2. The van der Waals surface area contributed by atoms with Gasteiger partial charge < -0.3 is 19.2 Å². The summed E-state index contributed by atoms with van der Waals surface area (Å²) in [6.07, 6.45) is -1.78. The summed E-state index contributed by atoms with van der Waals surface area (Å²) in [6, 6.07) is 10.6. The van der Waals surface area contributed by atoms with Crippen LogP contribution in [-0.4, -0.2) is 28.5 Å². The molecule has 29 heavy (non-hydrogen) atoms. The van der Waals surface area contributed by atoms with Gasteiger partial charge in [0.25, 0.3) is 5.91 Å². The maximum Gasteiger partial charge on any atom is 0.411 e. The molecule has 0 radical (unpaired) electrons. The first-order valence-corrected chi connectivity index (χ1v) is 9.32. The molecule has 154 valence electrons. The van der Waals surface area contributed by atoms with Crippen LogP contribution < -0.4 is 10.1 Å². The molecule has 0 saturated heterocycles. The summed E-state index contributed by atoms with van der Waals surface area (Å²) >= 11 is 2.19. The summed E-state index contributed by atoms with van der Waals surface area (Å²) in [5.41, 5.74) is 0.290. The Morgan fingerprint density at radius 2 is 1.97 bits per heavy atom. The van der Waals surface area contributed by atoms with E-state index in [9.17, 15) is 18.0 Å². The molecule has 0 aliphatic heterocycles. The van der Waals surface area contributed by atoms with Crippen LogP contribution in [-0.2, 0) is 18.1 Å². The number of hydrogen-bond acceptors (Lipinski definition) is 5. The summed E-state index contributed by atoms with van der Waals surface area (Å²) in [4.78, 5) is 12.2. The van der Waals surface area contributed by atoms with Gasteiger partial charge in [0.15, 0.2) is 5.76 Å². The normalized spacial score (nSPS) is 11.4. The van der Waals surface area contributed by atoms with Crippen LogP contribution in [0.2, 0.25) is 0 Å². The van der Waals surface area contributed by atoms with Gasteiger partial charge in [0, 0.05) is 3.57 Å². The number of halogens is 4. The van der Waals surface area contributed by atoms with Gasteiger partial charge in [0.1, 0.15) is 31.5 Å². The first-order valence-electron chi connectivity index (χ1n) is 8.24. The van der Waals surface area contributed by atoms with E-state index in [1.54, 1.807) is 6.07 Å². The summed E-state index contributed by atoms with van der Waals surface area (Å²) < 4.78 is 53.9. The average molecular weight is 521 g/mol. The average Bonchev–Trinajstić information content (AvgIpc) is 3.30. The third-order valence-corrected chi connectivity index (χ3v) is 4.18. The molecule has 0 aliphatic rings. The summed E-state index contributed by atoms with van der Waals surface area (Å²) in [5.74, 6) is 0.673. The van der Waals surface area contributed by atoms with Gasteiger partial charge in [0.2, 0.25) is 0 Å². The predicted molar refractivity (Wildman–Crippen MR) is 104 cm³/mol. The minimum absolute atomic E-state index is 0.0623. The molecule has 3 aromatic rings. The van der Waals surface area contributed by atoms with Crippen molar-refractivity contribution in [1.82, 2.24) is 9.78 Å². The van der Waals surface area contributed by atoms with Crippen molar-refractivity contribution >= 4 is 34.2 Å². The fourth-order valence-corrected chi connectivity index (χ4v) is 2.57. The van der Waals surface area contributed by atoms with Crippen LogP contribution in [0.15, 0.2) is 53.2 Å². The molecule has 1 N–H and O–H groups in total. The van der Waals surface area contributed by atoms with E-state index in [2.05, 4.69) is 37.7 Å². The van der Waals surface area contributed by atoms with Crippen LogP contribution in [0.4, 0.5) is 18.9 Å². The second kappa shape index (κ2) is 9.31. The molecule has 0 saturated carbocycles. The lowest BCUT2D eigenvalue weighted by Gasteiger charge is -2.07. The maximum absolute atomic E-state index is 12.2. The number of amides is 1. The molecule has 11 heteroatoms. The Kier molecular flexibility index (Phi) is 6.79. The zero-order valence-electron chi connectivity index (χ0n) is 14.8. The molecule has 2 aromatic heterocycles. The number of hydrogen-bond donors (Lipinski definition) is 1. The number of aromatic nitrogens is 2. The third-order valence-electron chi connectivity index (χ3n) is 3.46. The standard InChI is InChI=1S/C18H15F3IN3O4/c19-18(20,21)10-27-11-25-8-13(7-23-25)24-17(26)16-6-5-15(29-16)9-28-14-3-1-12(22)2-4-14/h1-8H,9-11H2,(H,24,26). The lowest BCUT2D eigenvalue weighted by atomic mass is 10.3. The SMILES string of the molecule is O=C(Nc1cnn(COCC(F)(F)F)c1)c1ccc(COc2ccc(I)cc2)o1. The molecule has 0 aliphatic carbocycles. The van der Waals surface area contributed by atoms with Gasteiger partial charge in [-0.25, -0.2) is 4.68 Å². The Morgan fingerprint density at radius 1 is 1.21 bits per heavy atom. The third kappa shape index (κ3) is 6.78. The van der Waals surface area contributed by atoms with Gasteiger partial charge >= 0.3 is 6.18 Å². The van der Waals surface area contributed by atoms with Crippen LogP contribution in [0.5, 0.6) is 5.75 Å². The summed E-state index contributed by atoms with van der Waals surface area (Å²) in [6.45, 7) is -1.62. The Labute approximate surface area is 176 Å². The number of carbonyl (C=O) groups is 1. The lowest BCUT2D eigenvalue weighted by molar-refractivity contribution is -0.182. The van der Waals surface area contributed by atoms with E-state index >= 15 is 0 Å². The van der Waals surface area contributed by atoms with Crippen LogP contribution in [0.25, 0.3) is 0 Å². The molecule has 0 spiro atoms. The quantitative estimate of drug-likeness (QED) is 0.444. The number of ether oxygens (including phenoxy) is 2. The molecular weight excluding hydrogens is 506 g/mol. The van der Waals surface area contributed by atoms with Crippen molar-refractivity contribution in [3.63, 3.8) is 0 Å². The Bertz CT molecular complexity index is 954. The molecule has 0 atom stereocenters. The number of benzene rings is 1. The fraction of sp³-hybridized carbons (Fsp3) is 0.222. The monoisotopic (exact) mass is 521 g/mol. The second-order valence-electron chi connectivity index (χ2n) is 5.82. The van der Waals surface area contributed by atoms with E-state index in [0.29, 0.717) is 17.2 Å². The van der Waals surface area contributed by atoms with Crippen molar-refractivity contribution < 1.29 is 31.9 Å². The van der Waals surface area contributed by atoms with Crippen molar-refractivity contribution in [2.24, 2.45) is 0 Å². The van der Waals surface area contributed by atoms with Gasteiger partial charge in [-0.3, -0.25) is 4.79 Å². The number of nitrogens with zero attached hydrogens (tertiary/aromatic N) is 2. The van der Waals surface area contributed by atoms with Crippen molar-refractivity contribution in [2.75, 3.05) is 11.9 Å². The highest BCUT2D eigenvalue weighted by molar-refractivity contribution is 14.1. The molecule has 0 bridgehead atoms. The van der Waals surface area contributed by atoms with Gasteiger partial charge in [-0.15, -0.1) is 0 Å². The molecule has 1 aromatic carbocycles. The van der Waals surface area contributed by atoms with Gasteiger partial charge in [0.05, 0.1) is 18.1 Å². The molecule has 0 unspecified atom stereocenters. The molecule has 3 rings (SSSR count). The highest BCUT2D eigenvalue weighted by Crippen LogP contribution is 2.18. The van der Waals surface area contributed by atoms with Gasteiger partial charge in [-0.05, 0) is 59.0 Å². The maximum atomic E-state index is 12.2. The topological polar surface area (TPSA) is 78.5 Å². The highest BCUT2D eigenvalue weighted by Gasteiger charge is 2.27. The fourth-order valence-electron chi connectivity index (χ4n) is 2.21. The van der Waals surface area contributed by atoms with Crippen LogP contribution in [0.3, 0.4) is 0 Å². The summed E-state index contributed by atoms with van der Waals surface area (Å²) in [5, 5.41) is 6.36. The van der Waals surface area contributed by atoms with E-state index in [-0.39, 0.29) is 12.4 Å². The predicted octanol–water partition coefficient (Wildman–Crippen LogP) is 4.45. The zero-order valence-corrected chi connectivity index (χ0v) is 16.9. The van der Waals surface area contributed by atoms with Gasteiger partial charge in [-0.2, -0.15) is 18.3 Å². The van der Waals surface area contributed by atoms with Crippen LogP contribution in [0, 0.1) is 3.57 Å². The number of nitrogens with one attached hydrogen (secondary N) is 1. The molecular formula is C18H15F3IN3O4. The smallest absolute Gasteiger partial charge is 0.411 e. The van der Waals surface area contributed by atoms with E-state index in [1.165, 1.54) is 18.5 Å². The number of carbonyl (C=O) groups excluding carboxylic acids is 1. The minimum atomic E-state index is -4.41. The number of alkyl halides is 3. The van der Waals surface area contributed by atoms with Crippen molar-refractivity contribution in [3.8, 4) is 5.75 Å². The molecule has 1 amide bonds. The highest BCUT2D eigenvalue weighted by atomic mass is 127. The Hall–Kier alpha value is -2.54. The van der Waals surface area contributed by atoms with E-state index in [0.717, 1.165) is 8.25 Å². The molecule has 2 heterocycles. The largest absolute Gasteiger partial charge is 0.486 e. The van der Waals surface area contributed by atoms with Crippen LogP contribution >= 0.6 is 22.6 Å². The van der Waals surface area contributed by atoms with E-state index in [1.807, 2.05) is 24.3 Å². The lowest BCUT2D eigenvalue weighted by Crippen LogP contribution is -2.18. The van der Waals surface area contributed by atoms with Crippen molar-refractivity contribution in [3.05, 3.63) is 63.9 Å². The number of anilines is 1. The van der Waals surface area contributed by atoms with E-state index < -0.39 is 25.4 Å². The number of rotatable bonds is 8.